The lowest BCUT2D eigenvalue weighted by atomic mass is 9.70. The first-order valence-corrected chi connectivity index (χ1v) is 16.6. The molecule has 0 aliphatic heterocycles. The molecule has 1 saturated carbocycles. The number of nitrogens with zero attached hydrogens (tertiary/aromatic N) is 3. The molecule has 6 rings (SSSR count). The largest absolute Gasteiger partial charge is 0.233 e. The SMILES string of the molecule is C[C@]12Cc3cnn(-c4ccc(F)cc4)c3C=C1CC[C@@H]2CN(CCc1ccccc1F)S(=O)(=O)Cc1ccc(Cl)c(Cl)c1. The lowest BCUT2D eigenvalue weighted by Crippen LogP contribution is -2.42. The minimum Gasteiger partial charge on any atom is -0.233 e. The number of aromatic nitrogens is 2. The Balaban J connectivity index is 1.28. The minimum atomic E-state index is -3.79. The van der Waals surface area contributed by atoms with Crippen LogP contribution in [0.5, 0.6) is 0 Å². The minimum absolute atomic E-state index is 0.0465. The molecule has 4 aromatic rings. The van der Waals surface area contributed by atoms with Crippen LogP contribution in [0.4, 0.5) is 8.78 Å². The van der Waals surface area contributed by atoms with E-state index in [0.29, 0.717) is 34.1 Å². The number of sulfonamides is 1. The van der Waals surface area contributed by atoms with Crippen molar-refractivity contribution in [1.82, 2.24) is 14.1 Å². The molecule has 10 heteroatoms. The van der Waals surface area contributed by atoms with E-state index in [0.717, 1.165) is 29.8 Å². The van der Waals surface area contributed by atoms with Crippen molar-refractivity contribution in [2.24, 2.45) is 11.3 Å². The summed E-state index contributed by atoms with van der Waals surface area (Å²) in [4.78, 5) is 0. The molecule has 1 heterocycles. The molecular weight excluding hydrogens is 611 g/mol. The number of fused-ring (bicyclic) bond motifs is 2. The van der Waals surface area contributed by atoms with Gasteiger partial charge < -0.3 is 0 Å². The number of rotatable bonds is 9. The molecule has 2 atom stereocenters. The van der Waals surface area contributed by atoms with Crippen LogP contribution in [-0.4, -0.2) is 35.6 Å². The van der Waals surface area contributed by atoms with E-state index < -0.39 is 10.0 Å². The monoisotopic (exact) mass is 641 g/mol. The van der Waals surface area contributed by atoms with Crippen LogP contribution >= 0.6 is 23.2 Å². The molecule has 43 heavy (non-hydrogen) atoms. The summed E-state index contributed by atoms with van der Waals surface area (Å²) in [6.45, 7) is 2.67. The number of halogens is 4. The van der Waals surface area contributed by atoms with Gasteiger partial charge in [0.15, 0.2) is 0 Å². The molecule has 0 amide bonds. The predicted molar refractivity (Wildman–Crippen MR) is 167 cm³/mol. The molecule has 3 aromatic carbocycles. The van der Waals surface area contributed by atoms with Crippen molar-refractivity contribution in [2.75, 3.05) is 13.1 Å². The number of hydrogen-bond donors (Lipinski definition) is 0. The van der Waals surface area contributed by atoms with Gasteiger partial charge in [0.05, 0.1) is 33.4 Å². The van der Waals surface area contributed by atoms with E-state index in [4.69, 9.17) is 23.2 Å². The molecule has 0 unspecified atom stereocenters. The van der Waals surface area contributed by atoms with Crippen molar-refractivity contribution in [3.05, 3.63) is 123 Å². The van der Waals surface area contributed by atoms with E-state index in [9.17, 15) is 17.2 Å². The first-order chi connectivity index (χ1) is 20.5. The van der Waals surface area contributed by atoms with E-state index in [2.05, 4.69) is 18.1 Å². The van der Waals surface area contributed by atoms with Crippen molar-refractivity contribution >= 4 is 39.3 Å². The van der Waals surface area contributed by atoms with Crippen LogP contribution in [0.25, 0.3) is 11.8 Å². The van der Waals surface area contributed by atoms with E-state index in [-0.39, 0.29) is 41.7 Å². The lowest BCUT2D eigenvalue weighted by molar-refractivity contribution is 0.221. The van der Waals surface area contributed by atoms with Crippen LogP contribution in [0.1, 0.15) is 42.1 Å². The topological polar surface area (TPSA) is 55.2 Å². The Hall–Kier alpha value is -3.04. The highest BCUT2D eigenvalue weighted by Gasteiger charge is 2.47. The van der Waals surface area contributed by atoms with Crippen LogP contribution in [0.3, 0.4) is 0 Å². The zero-order valence-corrected chi connectivity index (χ0v) is 25.9. The molecule has 5 nitrogen and oxygen atoms in total. The van der Waals surface area contributed by atoms with Gasteiger partial charge in [-0.2, -0.15) is 5.10 Å². The molecule has 2 aliphatic rings. The van der Waals surface area contributed by atoms with Crippen LogP contribution < -0.4 is 0 Å². The van der Waals surface area contributed by atoms with Gasteiger partial charge in [-0.25, -0.2) is 26.2 Å². The molecule has 0 saturated heterocycles. The number of benzene rings is 3. The van der Waals surface area contributed by atoms with E-state index >= 15 is 0 Å². The van der Waals surface area contributed by atoms with Gasteiger partial charge >= 0.3 is 0 Å². The van der Waals surface area contributed by atoms with E-state index in [1.165, 1.54) is 28.1 Å². The first kappa shape index (κ1) is 30.0. The average molecular weight is 643 g/mol. The Bertz CT molecular complexity index is 1810. The van der Waals surface area contributed by atoms with Crippen molar-refractivity contribution in [3.8, 4) is 5.69 Å². The third kappa shape index (κ3) is 6.03. The Kier molecular flexibility index (Phi) is 8.24. The van der Waals surface area contributed by atoms with E-state index in [1.54, 1.807) is 48.5 Å². The van der Waals surface area contributed by atoms with Gasteiger partial charge in [0.1, 0.15) is 11.6 Å². The fourth-order valence-corrected chi connectivity index (χ4v) is 8.36. The maximum Gasteiger partial charge on any atom is 0.218 e. The third-order valence-corrected chi connectivity index (χ3v) is 11.5. The van der Waals surface area contributed by atoms with Gasteiger partial charge in [-0.15, -0.1) is 0 Å². The van der Waals surface area contributed by atoms with Gasteiger partial charge in [-0.1, -0.05) is 60.0 Å². The Labute approximate surface area is 260 Å². The second-order valence-electron chi connectivity index (χ2n) is 11.6. The van der Waals surface area contributed by atoms with Gasteiger partial charge in [0.2, 0.25) is 10.0 Å². The van der Waals surface area contributed by atoms with Gasteiger partial charge in [-0.05, 0) is 102 Å². The molecule has 0 bridgehead atoms. The second-order valence-corrected chi connectivity index (χ2v) is 14.4. The number of hydrogen-bond acceptors (Lipinski definition) is 3. The molecule has 0 N–H and O–H groups in total. The van der Waals surface area contributed by atoms with Crippen LogP contribution in [0, 0.1) is 23.0 Å². The van der Waals surface area contributed by atoms with Crippen LogP contribution in [-0.2, 0) is 28.6 Å². The Morgan fingerprint density at radius 2 is 1.81 bits per heavy atom. The second kappa shape index (κ2) is 11.8. The lowest BCUT2D eigenvalue weighted by Gasteiger charge is -2.38. The molecule has 224 valence electrons. The zero-order valence-electron chi connectivity index (χ0n) is 23.6. The molecule has 0 spiro atoms. The summed E-state index contributed by atoms with van der Waals surface area (Å²) in [5, 5.41) is 5.25. The fourth-order valence-electron chi connectivity index (χ4n) is 6.48. The smallest absolute Gasteiger partial charge is 0.218 e. The standard InChI is InChI=1S/C33H31Cl2F2N3O2S/c1-33-18-24-19-38-40(28-11-9-27(36)10-12-28)32(24)17-25(33)7-8-26(33)20-39(15-14-23-4-2-3-5-31(23)37)43(41,42)21-22-6-13-29(34)30(35)16-22/h2-6,9-13,16-17,19,26H,7-8,14-15,18,20-21H2,1H3/t26-,33+/m1/s1. The van der Waals surface area contributed by atoms with Crippen molar-refractivity contribution in [3.63, 3.8) is 0 Å². The number of allylic oxidation sites excluding steroid dienone is 1. The maximum absolute atomic E-state index is 14.5. The molecule has 1 aromatic heterocycles. The molecule has 0 radical (unpaired) electrons. The van der Waals surface area contributed by atoms with Crippen molar-refractivity contribution in [1.29, 1.82) is 0 Å². The summed E-state index contributed by atoms with van der Waals surface area (Å²) in [6.07, 6.45) is 6.66. The summed E-state index contributed by atoms with van der Waals surface area (Å²) in [6, 6.07) is 17.6. The fraction of sp³-hybridized carbons (Fsp3) is 0.303. The highest BCUT2D eigenvalue weighted by molar-refractivity contribution is 7.88. The first-order valence-electron chi connectivity index (χ1n) is 14.2. The van der Waals surface area contributed by atoms with Crippen LogP contribution in [0.15, 0.2) is 78.5 Å². The summed E-state index contributed by atoms with van der Waals surface area (Å²) < 4.78 is 59.3. The normalized spacial score (nSPS) is 19.8. The maximum atomic E-state index is 14.5. The van der Waals surface area contributed by atoms with Gasteiger partial charge in [0.25, 0.3) is 0 Å². The Morgan fingerprint density at radius 3 is 2.56 bits per heavy atom. The Morgan fingerprint density at radius 1 is 1.05 bits per heavy atom. The van der Waals surface area contributed by atoms with Gasteiger partial charge in [-0.3, -0.25) is 0 Å². The molecular formula is C33H31Cl2F2N3O2S. The third-order valence-electron chi connectivity index (χ3n) is 8.96. The van der Waals surface area contributed by atoms with E-state index in [1.807, 2.05) is 10.9 Å². The summed E-state index contributed by atoms with van der Waals surface area (Å²) >= 11 is 12.3. The molecule has 1 fully saturated rings. The highest BCUT2D eigenvalue weighted by atomic mass is 35.5. The van der Waals surface area contributed by atoms with Gasteiger partial charge in [0, 0.05) is 13.1 Å². The van der Waals surface area contributed by atoms with Crippen molar-refractivity contribution < 1.29 is 17.2 Å². The average Bonchev–Trinajstić information content (AvgIpc) is 3.51. The zero-order chi connectivity index (χ0) is 30.4. The predicted octanol–water partition coefficient (Wildman–Crippen LogP) is 7.89. The summed E-state index contributed by atoms with van der Waals surface area (Å²) in [5.74, 6) is -0.837. The highest BCUT2D eigenvalue weighted by Crippen LogP contribution is 2.53. The molecule has 2 aliphatic carbocycles. The summed E-state index contributed by atoms with van der Waals surface area (Å²) in [5.41, 5.74) is 4.83. The van der Waals surface area contributed by atoms with Crippen LogP contribution in [0.2, 0.25) is 10.0 Å². The van der Waals surface area contributed by atoms with Crippen molar-refractivity contribution in [2.45, 2.75) is 38.4 Å². The summed E-state index contributed by atoms with van der Waals surface area (Å²) in [7, 11) is -3.79. The quantitative estimate of drug-likeness (QED) is 0.187.